The number of hydrogen-bond acceptors (Lipinski definition) is 4. The minimum absolute atomic E-state index is 0.132. The zero-order valence-electron chi connectivity index (χ0n) is 11.8. The fraction of sp³-hybridized carbons (Fsp3) is 0.538. The topological polar surface area (TPSA) is 81.4 Å². The van der Waals surface area contributed by atoms with Crippen molar-refractivity contribution in [3.63, 3.8) is 0 Å². The average Bonchev–Trinajstić information content (AvgIpc) is 2.24. The van der Waals surface area contributed by atoms with E-state index in [0.717, 1.165) is 0 Å². The summed E-state index contributed by atoms with van der Waals surface area (Å²) >= 11 is 0. The van der Waals surface area contributed by atoms with Gasteiger partial charge in [0.05, 0.1) is 0 Å². The van der Waals surface area contributed by atoms with E-state index in [4.69, 9.17) is 10.5 Å². The number of sulfonamides is 1. The predicted molar refractivity (Wildman–Crippen MR) is 75.7 cm³/mol. The van der Waals surface area contributed by atoms with Crippen molar-refractivity contribution < 1.29 is 13.2 Å². The quantitative estimate of drug-likeness (QED) is 0.830. The summed E-state index contributed by atoms with van der Waals surface area (Å²) in [7, 11) is -3.57. The number of ether oxygens (including phenoxy) is 1. The molecule has 1 aromatic carbocycles. The van der Waals surface area contributed by atoms with Gasteiger partial charge in [-0.1, -0.05) is 12.1 Å². The van der Waals surface area contributed by atoms with Crippen LogP contribution < -0.4 is 15.2 Å². The summed E-state index contributed by atoms with van der Waals surface area (Å²) in [5.74, 6) is 0.314. The normalized spacial score (nSPS) is 12.7. The molecule has 0 heterocycles. The highest BCUT2D eigenvalue weighted by Gasteiger charge is 2.21. The molecule has 19 heavy (non-hydrogen) atoms. The van der Waals surface area contributed by atoms with E-state index in [1.165, 1.54) is 6.07 Å². The third-order valence-electron chi connectivity index (χ3n) is 2.13. The lowest BCUT2D eigenvalue weighted by molar-refractivity contribution is 0.238. The third kappa shape index (κ3) is 5.18. The van der Waals surface area contributed by atoms with E-state index >= 15 is 0 Å². The number of benzene rings is 1. The van der Waals surface area contributed by atoms with Gasteiger partial charge in [-0.25, -0.2) is 13.1 Å². The van der Waals surface area contributed by atoms with Crippen molar-refractivity contribution in [2.75, 3.05) is 6.61 Å². The lowest BCUT2D eigenvalue weighted by atomic mass is 10.1. The average molecular weight is 286 g/mol. The van der Waals surface area contributed by atoms with Crippen LogP contribution >= 0.6 is 0 Å². The maximum atomic E-state index is 12.2. The molecule has 108 valence electrons. The molecule has 0 aliphatic heterocycles. The van der Waals surface area contributed by atoms with Gasteiger partial charge < -0.3 is 10.5 Å². The molecule has 0 unspecified atom stereocenters. The Hall–Kier alpha value is -1.11. The molecule has 0 saturated carbocycles. The van der Waals surface area contributed by atoms with Crippen molar-refractivity contribution in [2.45, 2.75) is 44.2 Å². The fourth-order valence-electron chi connectivity index (χ4n) is 1.43. The maximum absolute atomic E-state index is 12.2. The standard InChI is InChI=1S/C13H22N2O3S/c1-10(2)15-19(16,17)12-8-6-5-7-11(12)18-9-13(3,4)14/h5-8,10,15H,9,14H2,1-4H3. The molecule has 1 aromatic rings. The minimum Gasteiger partial charge on any atom is -0.490 e. The Labute approximate surface area is 115 Å². The van der Waals surface area contributed by atoms with Gasteiger partial charge in [-0.2, -0.15) is 0 Å². The molecule has 3 N–H and O–H groups in total. The van der Waals surface area contributed by atoms with Crippen LogP contribution in [0.15, 0.2) is 29.2 Å². The van der Waals surface area contributed by atoms with Gasteiger partial charge in [0.2, 0.25) is 10.0 Å². The number of rotatable bonds is 6. The summed E-state index contributed by atoms with van der Waals surface area (Å²) in [5, 5.41) is 0. The summed E-state index contributed by atoms with van der Waals surface area (Å²) in [6.07, 6.45) is 0. The summed E-state index contributed by atoms with van der Waals surface area (Å²) in [5.41, 5.74) is 5.31. The van der Waals surface area contributed by atoms with Crippen molar-refractivity contribution >= 4 is 10.0 Å². The first kappa shape index (κ1) is 15.9. The van der Waals surface area contributed by atoms with Crippen LogP contribution in [-0.2, 0) is 10.0 Å². The van der Waals surface area contributed by atoms with E-state index in [0.29, 0.717) is 5.75 Å². The molecule has 0 amide bonds. The molecule has 0 radical (unpaired) electrons. The second-order valence-electron chi connectivity index (χ2n) is 5.50. The minimum atomic E-state index is -3.57. The molecule has 1 rings (SSSR count). The molecule has 0 fully saturated rings. The van der Waals surface area contributed by atoms with Gasteiger partial charge in [0.25, 0.3) is 0 Å². The second kappa shape index (κ2) is 5.90. The lowest BCUT2D eigenvalue weighted by Crippen LogP contribution is -2.39. The Bertz CT molecular complexity index is 519. The van der Waals surface area contributed by atoms with Crippen LogP contribution in [0.25, 0.3) is 0 Å². The van der Waals surface area contributed by atoms with Crippen molar-refractivity contribution in [2.24, 2.45) is 5.73 Å². The Balaban J connectivity index is 3.02. The fourth-order valence-corrected chi connectivity index (χ4v) is 2.83. The first-order valence-corrected chi connectivity index (χ1v) is 7.63. The van der Waals surface area contributed by atoms with Gasteiger partial charge >= 0.3 is 0 Å². The van der Waals surface area contributed by atoms with Gasteiger partial charge in [0.15, 0.2) is 0 Å². The molecule has 0 bridgehead atoms. The van der Waals surface area contributed by atoms with Crippen LogP contribution in [0, 0.1) is 0 Å². The van der Waals surface area contributed by atoms with Crippen LogP contribution in [0.5, 0.6) is 5.75 Å². The Kier molecular flexibility index (Phi) is 4.95. The van der Waals surface area contributed by atoms with Gasteiger partial charge in [0, 0.05) is 11.6 Å². The van der Waals surface area contributed by atoms with Crippen molar-refractivity contribution in [1.82, 2.24) is 4.72 Å². The molecule has 0 aliphatic rings. The van der Waals surface area contributed by atoms with Crippen LogP contribution in [0.1, 0.15) is 27.7 Å². The molecule has 0 saturated heterocycles. The summed E-state index contributed by atoms with van der Waals surface area (Å²) in [4.78, 5) is 0.132. The van der Waals surface area contributed by atoms with Crippen molar-refractivity contribution in [1.29, 1.82) is 0 Å². The predicted octanol–water partition coefficient (Wildman–Crippen LogP) is 1.49. The van der Waals surface area contributed by atoms with Crippen LogP contribution in [0.3, 0.4) is 0 Å². The Morgan fingerprint density at radius 2 is 1.89 bits per heavy atom. The van der Waals surface area contributed by atoms with Gasteiger partial charge in [-0.05, 0) is 39.8 Å². The molecular weight excluding hydrogens is 264 g/mol. The largest absolute Gasteiger partial charge is 0.490 e. The first-order chi connectivity index (χ1) is 8.62. The zero-order valence-corrected chi connectivity index (χ0v) is 12.6. The van der Waals surface area contributed by atoms with E-state index in [-0.39, 0.29) is 17.5 Å². The third-order valence-corrected chi connectivity index (χ3v) is 3.83. The smallest absolute Gasteiger partial charge is 0.244 e. The van der Waals surface area contributed by atoms with E-state index < -0.39 is 15.6 Å². The van der Waals surface area contributed by atoms with Crippen LogP contribution in [-0.4, -0.2) is 26.6 Å². The number of para-hydroxylation sites is 1. The summed E-state index contributed by atoms with van der Waals surface area (Å²) < 4.78 is 32.4. The zero-order chi connectivity index (χ0) is 14.7. The molecule has 0 atom stereocenters. The number of nitrogens with two attached hydrogens (primary N) is 1. The number of nitrogens with one attached hydrogen (secondary N) is 1. The molecule has 5 nitrogen and oxygen atoms in total. The maximum Gasteiger partial charge on any atom is 0.244 e. The second-order valence-corrected chi connectivity index (χ2v) is 7.18. The highest BCUT2D eigenvalue weighted by molar-refractivity contribution is 7.89. The van der Waals surface area contributed by atoms with Crippen molar-refractivity contribution in [3.05, 3.63) is 24.3 Å². The molecule has 0 spiro atoms. The van der Waals surface area contributed by atoms with E-state index in [2.05, 4.69) is 4.72 Å². The van der Waals surface area contributed by atoms with E-state index in [1.54, 1.807) is 32.0 Å². The van der Waals surface area contributed by atoms with Gasteiger partial charge in [0.1, 0.15) is 17.3 Å². The molecule has 0 aliphatic carbocycles. The van der Waals surface area contributed by atoms with Crippen molar-refractivity contribution in [3.8, 4) is 5.75 Å². The van der Waals surface area contributed by atoms with Crippen LogP contribution in [0.4, 0.5) is 0 Å². The van der Waals surface area contributed by atoms with Gasteiger partial charge in [-0.15, -0.1) is 0 Å². The number of hydrogen-bond donors (Lipinski definition) is 2. The first-order valence-electron chi connectivity index (χ1n) is 6.15. The van der Waals surface area contributed by atoms with Crippen LogP contribution in [0.2, 0.25) is 0 Å². The molecule has 6 heteroatoms. The molecule has 0 aromatic heterocycles. The van der Waals surface area contributed by atoms with E-state index in [9.17, 15) is 8.42 Å². The SMILES string of the molecule is CC(C)NS(=O)(=O)c1ccccc1OCC(C)(C)N. The highest BCUT2D eigenvalue weighted by atomic mass is 32.2. The summed E-state index contributed by atoms with van der Waals surface area (Å²) in [6, 6.07) is 6.36. The Morgan fingerprint density at radius 1 is 1.32 bits per heavy atom. The monoisotopic (exact) mass is 286 g/mol. The lowest BCUT2D eigenvalue weighted by Gasteiger charge is -2.20. The molecular formula is C13H22N2O3S. The van der Waals surface area contributed by atoms with Gasteiger partial charge in [-0.3, -0.25) is 0 Å². The Morgan fingerprint density at radius 3 is 2.42 bits per heavy atom. The van der Waals surface area contributed by atoms with E-state index in [1.807, 2.05) is 13.8 Å². The highest BCUT2D eigenvalue weighted by Crippen LogP contribution is 2.24. The summed E-state index contributed by atoms with van der Waals surface area (Å²) in [6.45, 7) is 7.40.